The minimum atomic E-state index is -2.09. The second-order valence-electron chi connectivity index (χ2n) is 12.3. The van der Waals surface area contributed by atoms with Gasteiger partial charge in [0.2, 0.25) is 5.60 Å². The first-order valence-corrected chi connectivity index (χ1v) is 14.1. The van der Waals surface area contributed by atoms with Crippen molar-refractivity contribution in [3.8, 4) is 11.5 Å². The van der Waals surface area contributed by atoms with Gasteiger partial charge >= 0.3 is 11.9 Å². The van der Waals surface area contributed by atoms with E-state index in [1.54, 1.807) is 44.2 Å². The summed E-state index contributed by atoms with van der Waals surface area (Å²) in [5, 5.41) is 22.0. The van der Waals surface area contributed by atoms with Gasteiger partial charge in [0.1, 0.15) is 11.5 Å². The maximum atomic E-state index is 17.3. The van der Waals surface area contributed by atoms with E-state index in [0.717, 1.165) is 0 Å². The fraction of sp³-hybridized carbons (Fsp3) is 0.424. The molecule has 0 bridgehead atoms. The van der Waals surface area contributed by atoms with E-state index in [1.807, 2.05) is 18.2 Å². The zero-order valence-electron chi connectivity index (χ0n) is 23.0. The fourth-order valence-corrected chi connectivity index (χ4v) is 8.26. The predicted octanol–water partition coefficient (Wildman–Crippen LogP) is 5.83. The van der Waals surface area contributed by atoms with Crippen molar-refractivity contribution >= 4 is 17.7 Å². The molecule has 0 radical (unpaired) electrons. The first-order valence-electron chi connectivity index (χ1n) is 14.1. The molecule has 0 aromatic heterocycles. The van der Waals surface area contributed by atoms with Gasteiger partial charge in [0.15, 0.2) is 11.5 Å². The van der Waals surface area contributed by atoms with E-state index in [2.05, 4.69) is 0 Å². The molecule has 0 spiro atoms. The highest BCUT2D eigenvalue weighted by molar-refractivity contribution is 6.01. The molecule has 0 amide bonds. The number of ketones is 1. The van der Waals surface area contributed by atoms with Crippen LogP contribution in [0.5, 0.6) is 11.5 Å². The molecule has 2 aromatic rings. The number of aliphatic hydroxyl groups excluding tert-OH is 1. The van der Waals surface area contributed by atoms with Crippen LogP contribution < -0.4 is 4.74 Å². The molecule has 0 saturated heterocycles. The minimum Gasteiger partial charge on any atom is -0.478 e. The molecule has 7 nitrogen and oxygen atoms in total. The molecular formula is C33H33FO7. The number of carbonyl (C=O) groups excluding carboxylic acids is 2. The molecular weight excluding hydrogens is 527 g/mol. The van der Waals surface area contributed by atoms with Crippen LogP contribution >= 0.6 is 0 Å². The monoisotopic (exact) mass is 560 g/mol. The molecule has 3 fully saturated rings. The third-order valence-electron chi connectivity index (χ3n) is 10.4. The molecule has 6 rings (SSSR count). The van der Waals surface area contributed by atoms with E-state index >= 15 is 4.39 Å². The van der Waals surface area contributed by atoms with Crippen molar-refractivity contribution in [1.82, 2.24) is 0 Å². The van der Waals surface area contributed by atoms with Crippen molar-refractivity contribution in [1.29, 1.82) is 0 Å². The van der Waals surface area contributed by atoms with Crippen molar-refractivity contribution in [2.75, 3.05) is 0 Å². The molecule has 4 aliphatic rings. The number of rotatable bonds is 5. The summed E-state index contributed by atoms with van der Waals surface area (Å²) in [6, 6.07) is 15.4. The normalized spacial score (nSPS) is 37.3. The molecule has 1 unspecified atom stereocenters. The van der Waals surface area contributed by atoms with Crippen LogP contribution in [-0.4, -0.2) is 45.3 Å². The van der Waals surface area contributed by atoms with Crippen molar-refractivity contribution in [3.05, 3.63) is 84.0 Å². The molecule has 41 heavy (non-hydrogen) atoms. The second kappa shape index (κ2) is 9.38. The maximum Gasteiger partial charge on any atom is 0.348 e. The van der Waals surface area contributed by atoms with Gasteiger partial charge in [0.05, 0.1) is 11.7 Å². The molecule has 7 atom stereocenters. The smallest absolute Gasteiger partial charge is 0.348 e. The zero-order chi connectivity index (χ0) is 29.2. The maximum absolute atomic E-state index is 17.3. The Bertz CT molecular complexity index is 1470. The first kappa shape index (κ1) is 27.4. The van der Waals surface area contributed by atoms with Crippen LogP contribution in [0.1, 0.15) is 56.3 Å². The quantitative estimate of drug-likeness (QED) is 0.443. The van der Waals surface area contributed by atoms with Crippen LogP contribution in [0.25, 0.3) is 0 Å². The molecule has 3 saturated carbocycles. The molecule has 8 heteroatoms. The largest absolute Gasteiger partial charge is 0.478 e. The number of carbonyl (C=O) groups is 3. The van der Waals surface area contributed by atoms with E-state index in [1.165, 1.54) is 24.3 Å². The van der Waals surface area contributed by atoms with Gasteiger partial charge in [-0.1, -0.05) is 36.8 Å². The number of benzene rings is 2. The van der Waals surface area contributed by atoms with Crippen molar-refractivity contribution < 1.29 is 38.5 Å². The lowest BCUT2D eigenvalue weighted by atomic mass is 9.45. The molecule has 2 aromatic carbocycles. The lowest BCUT2D eigenvalue weighted by molar-refractivity contribution is -0.222. The highest BCUT2D eigenvalue weighted by Crippen LogP contribution is 2.70. The number of hydrogen-bond donors (Lipinski definition) is 2. The number of allylic oxidation sites excluding steroid dienone is 4. The Morgan fingerprint density at radius 2 is 1.66 bits per heavy atom. The number of carboxylic acid groups (broad SMARTS) is 1. The zero-order valence-corrected chi connectivity index (χ0v) is 23.0. The fourth-order valence-electron chi connectivity index (χ4n) is 8.26. The topological polar surface area (TPSA) is 110 Å². The highest BCUT2D eigenvalue weighted by atomic mass is 19.1. The third-order valence-corrected chi connectivity index (χ3v) is 10.4. The molecule has 0 aliphatic heterocycles. The van der Waals surface area contributed by atoms with E-state index in [0.29, 0.717) is 36.3 Å². The summed E-state index contributed by atoms with van der Waals surface area (Å²) in [5.74, 6) is -2.30. The Hall–Kier alpha value is -3.78. The predicted molar refractivity (Wildman–Crippen MR) is 147 cm³/mol. The first-order chi connectivity index (χ1) is 19.4. The van der Waals surface area contributed by atoms with E-state index in [4.69, 9.17) is 9.47 Å². The summed E-state index contributed by atoms with van der Waals surface area (Å²) in [6.45, 7) is 3.42. The molecule has 2 N–H and O–H groups in total. The number of aliphatic carboxylic acids is 1. The molecule has 214 valence electrons. The Morgan fingerprint density at radius 1 is 0.976 bits per heavy atom. The van der Waals surface area contributed by atoms with Crippen molar-refractivity contribution in [2.45, 2.75) is 63.3 Å². The Balaban J connectivity index is 1.29. The van der Waals surface area contributed by atoms with Gasteiger partial charge in [-0.2, -0.15) is 0 Å². The number of para-hydroxylation sites is 1. The minimum absolute atomic E-state index is 0.0114. The number of esters is 1. The van der Waals surface area contributed by atoms with E-state index < -0.39 is 52.0 Å². The summed E-state index contributed by atoms with van der Waals surface area (Å²) in [6.07, 6.45) is 3.84. The standard InChI is InChI=1S/C33H33FO7/c1-30-16-14-22(35)18-21(30)10-13-26-25-15-17-32(29(38)39,31(25,2)19-27(36)33(26,30)34)41-28(37)20-8-11-24(12-9-20)40-23-6-4-3-5-7-23/h3-9,11-12,14,16,18,25-27,36H,10,13,15,17,19H2,1-2H3,(H,38,39)/t25-,26-,27-,30-,31-,32+,33?/m0/s1. The second-order valence-corrected chi connectivity index (χ2v) is 12.3. The third kappa shape index (κ3) is 3.83. The lowest BCUT2D eigenvalue weighted by Crippen LogP contribution is -2.69. The Morgan fingerprint density at radius 3 is 2.34 bits per heavy atom. The molecule has 0 heterocycles. The summed E-state index contributed by atoms with van der Waals surface area (Å²) in [7, 11) is 0. The van der Waals surface area contributed by atoms with E-state index in [-0.39, 0.29) is 24.2 Å². The number of hydrogen-bond acceptors (Lipinski definition) is 6. The number of aliphatic hydroxyl groups is 1. The van der Waals surface area contributed by atoms with Gasteiger partial charge < -0.3 is 19.7 Å². The van der Waals surface area contributed by atoms with Crippen LogP contribution in [0.4, 0.5) is 4.39 Å². The number of alkyl halides is 1. The van der Waals surface area contributed by atoms with Crippen LogP contribution in [0.2, 0.25) is 0 Å². The lowest BCUT2D eigenvalue weighted by Gasteiger charge is -2.62. The Kier molecular flexibility index (Phi) is 6.26. The van der Waals surface area contributed by atoms with Crippen molar-refractivity contribution in [3.63, 3.8) is 0 Å². The van der Waals surface area contributed by atoms with Crippen LogP contribution in [0.15, 0.2) is 78.4 Å². The van der Waals surface area contributed by atoms with Gasteiger partial charge in [-0.25, -0.2) is 14.0 Å². The number of carboxylic acids is 1. The van der Waals surface area contributed by atoms with E-state index in [9.17, 15) is 24.6 Å². The van der Waals surface area contributed by atoms with Gasteiger partial charge in [-0.3, -0.25) is 4.79 Å². The average Bonchev–Trinajstić information content (AvgIpc) is 3.23. The summed E-state index contributed by atoms with van der Waals surface area (Å²) in [5.41, 5.74) is -5.61. The summed E-state index contributed by atoms with van der Waals surface area (Å²) >= 11 is 0. The highest BCUT2D eigenvalue weighted by Gasteiger charge is 2.76. The van der Waals surface area contributed by atoms with Gasteiger partial charge in [0.25, 0.3) is 0 Å². The van der Waals surface area contributed by atoms with Crippen molar-refractivity contribution in [2.24, 2.45) is 22.7 Å². The van der Waals surface area contributed by atoms with Crippen LogP contribution in [0.3, 0.4) is 0 Å². The molecule has 4 aliphatic carbocycles. The number of ether oxygens (including phenoxy) is 2. The number of halogens is 1. The average molecular weight is 561 g/mol. The van der Waals surface area contributed by atoms with Crippen LogP contribution in [0, 0.1) is 22.7 Å². The number of fused-ring (bicyclic) bond motifs is 5. The van der Waals surface area contributed by atoms with Crippen LogP contribution in [-0.2, 0) is 14.3 Å². The van der Waals surface area contributed by atoms with Gasteiger partial charge in [-0.05, 0) is 93.5 Å². The van der Waals surface area contributed by atoms with Gasteiger partial charge in [0, 0.05) is 16.7 Å². The Labute approximate surface area is 237 Å². The SMILES string of the molecule is C[C@]12C=CC(=O)C=C1CC[C@H]1[C@@H]3CC[C@@](OC(=O)c4ccc(Oc5ccccc5)cc4)(C(=O)O)[C@@]3(C)C[C@H](O)C12F. The van der Waals surface area contributed by atoms with Gasteiger partial charge in [-0.15, -0.1) is 0 Å². The summed E-state index contributed by atoms with van der Waals surface area (Å²) < 4.78 is 29.0. The summed E-state index contributed by atoms with van der Waals surface area (Å²) in [4.78, 5) is 38.4.